The van der Waals surface area contributed by atoms with Gasteiger partial charge in [-0.15, -0.1) is 0 Å². The Hall–Kier alpha value is -3.42. The molecule has 0 radical (unpaired) electrons. The zero-order valence-corrected chi connectivity index (χ0v) is 14.3. The van der Waals surface area contributed by atoms with Crippen LogP contribution < -0.4 is 21.5 Å². The number of carbonyl (C=O) groups is 1. The predicted molar refractivity (Wildman–Crippen MR) is 97.7 cm³/mol. The second-order valence-electron chi connectivity index (χ2n) is 5.88. The van der Waals surface area contributed by atoms with Crippen molar-refractivity contribution in [2.45, 2.75) is 20.0 Å². The molecular weight excluding hydrogens is 337 g/mol. The van der Waals surface area contributed by atoms with Crippen LogP contribution in [0, 0.1) is 12.7 Å². The number of rotatable bonds is 5. The van der Waals surface area contributed by atoms with Crippen LogP contribution in [-0.4, -0.2) is 22.0 Å². The standard InChI is InChI=1S/C18H18FN5O2/c1-9-5-12(20)7-14-16(9)18(23-8-22-14)24-13-4-3-11(19)6-15(13)26-10(2)17(21)25/h3-8,10H,20H2,1-2H3,(H2,21,25)(H,22,23,24)/t10-/m1/s1. The van der Waals surface area contributed by atoms with Crippen molar-refractivity contribution in [3.63, 3.8) is 0 Å². The number of benzene rings is 2. The van der Waals surface area contributed by atoms with E-state index in [9.17, 15) is 9.18 Å². The Kier molecular flexibility index (Phi) is 4.57. The molecule has 1 heterocycles. The van der Waals surface area contributed by atoms with E-state index in [2.05, 4.69) is 15.3 Å². The van der Waals surface area contributed by atoms with Crippen LogP contribution in [0.25, 0.3) is 10.9 Å². The van der Waals surface area contributed by atoms with E-state index in [1.54, 1.807) is 6.07 Å². The number of ether oxygens (including phenoxy) is 1. The van der Waals surface area contributed by atoms with Crippen molar-refractivity contribution in [2.24, 2.45) is 5.73 Å². The average Bonchev–Trinajstić information content (AvgIpc) is 2.56. The van der Waals surface area contributed by atoms with Crippen LogP contribution in [-0.2, 0) is 4.79 Å². The Labute approximate surface area is 149 Å². The molecule has 0 spiro atoms. The van der Waals surface area contributed by atoms with Gasteiger partial charge in [0, 0.05) is 17.1 Å². The molecule has 0 aliphatic heterocycles. The number of aryl methyl sites for hydroxylation is 1. The van der Waals surface area contributed by atoms with Crippen LogP contribution in [0.2, 0.25) is 0 Å². The van der Waals surface area contributed by atoms with E-state index in [4.69, 9.17) is 16.2 Å². The summed E-state index contributed by atoms with van der Waals surface area (Å²) in [5.41, 5.74) is 13.7. The third-order valence-corrected chi connectivity index (χ3v) is 3.86. The van der Waals surface area contributed by atoms with Gasteiger partial charge in [0.2, 0.25) is 0 Å². The molecule has 1 aromatic heterocycles. The van der Waals surface area contributed by atoms with Gasteiger partial charge in [-0.05, 0) is 43.7 Å². The molecule has 26 heavy (non-hydrogen) atoms. The normalized spacial score (nSPS) is 12.0. The highest BCUT2D eigenvalue weighted by Crippen LogP contribution is 2.33. The number of carbonyl (C=O) groups excluding carboxylic acids is 1. The predicted octanol–water partition coefficient (Wildman–Crippen LogP) is 2.66. The Morgan fingerprint density at radius 2 is 2.04 bits per heavy atom. The first-order chi connectivity index (χ1) is 12.3. The minimum Gasteiger partial charge on any atom is -0.479 e. The minimum atomic E-state index is -0.916. The van der Waals surface area contributed by atoms with Gasteiger partial charge in [0.25, 0.3) is 5.91 Å². The molecule has 1 atom stereocenters. The molecule has 0 fully saturated rings. The lowest BCUT2D eigenvalue weighted by atomic mass is 10.1. The van der Waals surface area contributed by atoms with Gasteiger partial charge in [-0.3, -0.25) is 4.79 Å². The van der Waals surface area contributed by atoms with Gasteiger partial charge in [0.1, 0.15) is 23.7 Å². The van der Waals surface area contributed by atoms with E-state index in [0.29, 0.717) is 22.7 Å². The maximum absolute atomic E-state index is 13.6. The smallest absolute Gasteiger partial charge is 0.258 e. The van der Waals surface area contributed by atoms with E-state index in [1.165, 1.54) is 31.5 Å². The molecule has 8 heteroatoms. The number of nitrogens with zero attached hydrogens (tertiary/aromatic N) is 2. The van der Waals surface area contributed by atoms with Crippen molar-refractivity contribution < 1.29 is 13.9 Å². The molecule has 0 aliphatic carbocycles. The third kappa shape index (κ3) is 3.49. The number of amides is 1. The van der Waals surface area contributed by atoms with Crippen LogP contribution in [0.15, 0.2) is 36.7 Å². The van der Waals surface area contributed by atoms with E-state index >= 15 is 0 Å². The largest absolute Gasteiger partial charge is 0.479 e. The number of fused-ring (bicyclic) bond motifs is 1. The van der Waals surface area contributed by atoms with E-state index in [0.717, 1.165) is 10.9 Å². The topological polar surface area (TPSA) is 116 Å². The van der Waals surface area contributed by atoms with Gasteiger partial charge in [-0.2, -0.15) is 0 Å². The summed E-state index contributed by atoms with van der Waals surface area (Å²) in [6.07, 6.45) is 0.487. The molecule has 2 aromatic carbocycles. The lowest BCUT2D eigenvalue weighted by Crippen LogP contribution is -2.30. The number of halogens is 1. The maximum atomic E-state index is 13.6. The summed E-state index contributed by atoms with van der Waals surface area (Å²) >= 11 is 0. The number of nitrogen functional groups attached to an aromatic ring is 1. The molecule has 5 N–H and O–H groups in total. The molecule has 3 rings (SSSR count). The van der Waals surface area contributed by atoms with Crippen LogP contribution in [0.5, 0.6) is 5.75 Å². The number of hydrogen-bond acceptors (Lipinski definition) is 6. The molecule has 134 valence electrons. The summed E-state index contributed by atoms with van der Waals surface area (Å²) < 4.78 is 19.1. The van der Waals surface area contributed by atoms with Gasteiger partial charge in [0.05, 0.1) is 11.2 Å². The minimum absolute atomic E-state index is 0.149. The average molecular weight is 355 g/mol. The summed E-state index contributed by atoms with van der Waals surface area (Å²) in [7, 11) is 0. The fourth-order valence-electron chi connectivity index (χ4n) is 2.59. The SMILES string of the molecule is Cc1cc(N)cc2ncnc(Nc3ccc(F)cc3O[C@H](C)C(N)=O)c12. The fourth-order valence-corrected chi connectivity index (χ4v) is 2.59. The first-order valence-electron chi connectivity index (χ1n) is 7.88. The van der Waals surface area contributed by atoms with Crippen molar-refractivity contribution in [2.75, 3.05) is 11.1 Å². The number of nitrogens with two attached hydrogens (primary N) is 2. The molecule has 3 aromatic rings. The first-order valence-corrected chi connectivity index (χ1v) is 7.88. The lowest BCUT2D eigenvalue weighted by Gasteiger charge is -2.17. The van der Waals surface area contributed by atoms with Crippen LogP contribution in [0.4, 0.5) is 21.6 Å². The summed E-state index contributed by atoms with van der Waals surface area (Å²) in [6, 6.07) is 7.51. The number of primary amides is 1. The Morgan fingerprint density at radius 1 is 1.27 bits per heavy atom. The van der Waals surface area contributed by atoms with Gasteiger partial charge in [0.15, 0.2) is 6.10 Å². The lowest BCUT2D eigenvalue weighted by molar-refractivity contribution is -0.123. The molecule has 0 saturated heterocycles. The van der Waals surface area contributed by atoms with Gasteiger partial charge >= 0.3 is 0 Å². The molecule has 0 aliphatic rings. The first kappa shape index (κ1) is 17.4. The van der Waals surface area contributed by atoms with Crippen molar-refractivity contribution in [1.29, 1.82) is 0 Å². The zero-order valence-electron chi connectivity index (χ0n) is 14.3. The number of hydrogen-bond donors (Lipinski definition) is 3. The highest BCUT2D eigenvalue weighted by Gasteiger charge is 2.16. The van der Waals surface area contributed by atoms with Crippen molar-refractivity contribution >= 4 is 34.0 Å². The summed E-state index contributed by atoms with van der Waals surface area (Å²) in [6.45, 7) is 3.38. The van der Waals surface area contributed by atoms with Crippen LogP contribution in [0.3, 0.4) is 0 Å². The van der Waals surface area contributed by atoms with E-state index in [-0.39, 0.29) is 5.75 Å². The third-order valence-electron chi connectivity index (χ3n) is 3.86. The maximum Gasteiger partial charge on any atom is 0.258 e. The molecule has 0 saturated carbocycles. The zero-order chi connectivity index (χ0) is 18.8. The van der Waals surface area contributed by atoms with Crippen LogP contribution >= 0.6 is 0 Å². The van der Waals surface area contributed by atoms with Crippen molar-refractivity contribution in [3.8, 4) is 5.75 Å². The number of nitrogens with one attached hydrogen (secondary N) is 1. The molecule has 7 nitrogen and oxygen atoms in total. The Balaban J connectivity index is 2.04. The molecule has 0 unspecified atom stereocenters. The Bertz CT molecular complexity index is 993. The van der Waals surface area contributed by atoms with Crippen molar-refractivity contribution in [1.82, 2.24) is 9.97 Å². The Morgan fingerprint density at radius 3 is 2.77 bits per heavy atom. The molecular formula is C18H18FN5O2. The van der Waals surface area contributed by atoms with E-state index in [1.807, 2.05) is 13.0 Å². The molecule has 0 bridgehead atoms. The highest BCUT2D eigenvalue weighted by atomic mass is 19.1. The number of aromatic nitrogens is 2. The fraction of sp³-hybridized carbons (Fsp3) is 0.167. The van der Waals surface area contributed by atoms with E-state index < -0.39 is 17.8 Å². The monoisotopic (exact) mass is 355 g/mol. The summed E-state index contributed by atoms with van der Waals surface area (Å²) in [5.74, 6) is -0.496. The van der Waals surface area contributed by atoms with Gasteiger partial charge in [-0.25, -0.2) is 14.4 Å². The summed E-state index contributed by atoms with van der Waals surface area (Å²) in [4.78, 5) is 19.8. The van der Waals surface area contributed by atoms with Crippen LogP contribution in [0.1, 0.15) is 12.5 Å². The van der Waals surface area contributed by atoms with Crippen molar-refractivity contribution in [3.05, 3.63) is 48.0 Å². The van der Waals surface area contributed by atoms with Gasteiger partial charge < -0.3 is 21.5 Å². The quantitative estimate of drug-likeness (QED) is 0.606. The summed E-state index contributed by atoms with van der Waals surface area (Å²) in [5, 5.41) is 3.89. The highest BCUT2D eigenvalue weighted by molar-refractivity contribution is 5.95. The number of anilines is 3. The van der Waals surface area contributed by atoms with Gasteiger partial charge in [-0.1, -0.05) is 0 Å². The molecule has 1 amide bonds. The second kappa shape index (κ2) is 6.83. The second-order valence-corrected chi connectivity index (χ2v) is 5.88.